The van der Waals surface area contributed by atoms with Crippen LogP contribution in [0.2, 0.25) is 10.0 Å². The van der Waals surface area contributed by atoms with Gasteiger partial charge in [0, 0.05) is 35.5 Å². The number of carbonyl (C=O) groups excluding carboxylic acids is 1. The van der Waals surface area contributed by atoms with Gasteiger partial charge in [0.15, 0.2) is 0 Å². The summed E-state index contributed by atoms with van der Waals surface area (Å²) in [5.41, 5.74) is 1.44. The summed E-state index contributed by atoms with van der Waals surface area (Å²) in [5.74, 6) is -0.0120. The summed E-state index contributed by atoms with van der Waals surface area (Å²) in [6.07, 6.45) is 2.27. The van der Waals surface area contributed by atoms with E-state index in [0.29, 0.717) is 29.0 Å². The van der Waals surface area contributed by atoms with Crippen LogP contribution < -0.4 is 5.32 Å². The van der Waals surface area contributed by atoms with Gasteiger partial charge in [0.2, 0.25) is 5.91 Å². The van der Waals surface area contributed by atoms with Crippen molar-refractivity contribution < 1.29 is 13.9 Å². The first-order chi connectivity index (χ1) is 15.7. The Morgan fingerprint density at radius 1 is 1.18 bits per heavy atom. The molecule has 2 atom stereocenters. The van der Waals surface area contributed by atoms with E-state index in [1.54, 1.807) is 13.2 Å². The highest BCUT2D eigenvalue weighted by Crippen LogP contribution is 2.41. The van der Waals surface area contributed by atoms with Crippen molar-refractivity contribution >= 4 is 29.1 Å². The van der Waals surface area contributed by atoms with Crippen LogP contribution in [-0.2, 0) is 14.9 Å². The molecule has 4 nitrogen and oxygen atoms in total. The first kappa shape index (κ1) is 26.0. The molecule has 1 heterocycles. The Morgan fingerprint density at radius 3 is 2.36 bits per heavy atom. The molecule has 0 radical (unpaired) electrons. The summed E-state index contributed by atoms with van der Waals surface area (Å²) in [7, 11) is 1.72. The average Bonchev–Trinajstić information content (AvgIpc) is 2.77. The van der Waals surface area contributed by atoms with Gasteiger partial charge in [-0.1, -0.05) is 42.3 Å². The minimum atomic E-state index is -0.406. The van der Waals surface area contributed by atoms with E-state index in [-0.39, 0.29) is 17.8 Å². The highest BCUT2D eigenvalue weighted by Gasteiger charge is 2.39. The molecule has 0 bridgehead atoms. The minimum Gasteiger partial charge on any atom is -0.383 e. The molecule has 0 saturated carbocycles. The van der Waals surface area contributed by atoms with Gasteiger partial charge in [0.1, 0.15) is 5.82 Å². The largest absolute Gasteiger partial charge is 0.383 e. The first-order valence-electron chi connectivity index (χ1n) is 11.4. The van der Waals surface area contributed by atoms with Crippen molar-refractivity contribution in [2.24, 2.45) is 5.92 Å². The van der Waals surface area contributed by atoms with Crippen LogP contribution in [0.4, 0.5) is 4.39 Å². The van der Waals surface area contributed by atoms with Gasteiger partial charge in [0.05, 0.1) is 12.6 Å². The zero-order chi connectivity index (χ0) is 24.0. The number of methoxy groups -OCH3 is 1. The molecule has 7 heteroatoms. The van der Waals surface area contributed by atoms with E-state index in [4.69, 9.17) is 27.9 Å². The molecule has 1 N–H and O–H groups in total. The van der Waals surface area contributed by atoms with Crippen molar-refractivity contribution in [1.82, 2.24) is 10.2 Å². The second kappa shape index (κ2) is 11.7. The number of rotatable bonds is 9. The average molecular weight is 495 g/mol. The maximum absolute atomic E-state index is 13.7. The number of halogens is 3. The zero-order valence-corrected chi connectivity index (χ0v) is 21.1. The third-order valence-electron chi connectivity index (χ3n) is 6.89. The Hall–Kier alpha value is -1.66. The van der Waals surface area contributed by atoms with Gasteiger partial charge in [-0.05, 0) is 80.2 Å². The SMILES string of the molecule is COCCN1CCC(C(C)(CC(=O)NC(C)c2cc(Cl)cc(Cl)c2)c2ccc(F)cc2)CC1. The number of piperidine rings is 1. The standard InChI is InChI=1S/C26H33Cl2FN2O2/c1-18(19-14-22(27)16-23(28)15-19)30-25(32)17-26(2,20-4-6-24(29)7-5-20)21-8-10-31(11-9-21)12-13-33-3/h4-7,14-16,18,21H,8-13,17H2,1-3H3,(H,30,32). The van der Waals surface area contributed by atoms with Crippen LogP contribution in [0, 0.1) is 11.7 Å². The third-order valence-corrected chi connectivity index (χ3v) is 7.33. The van der Waals surface area contributed by atoms with E-state index in [1.165, 1.54) is 12.1 Å². The Kier molecular flexibility index (Phi) is 9.17. The van der Waals surface area contributed by atoms with E-state index in [1.807, 2.05) is 31.2 Å². The fraction of sp³-hybridized carbons (Fsp3) is 0.500. The van der Waals surface area contributed by atoms with Gasteiger partial charge in [-0.3, -0.25) is 4.79 Å². The van der Waals surface area contributed by atoms with Gasteiger partial charge in [-0.25, -0.2) is 4.39 Å². The molecule has 33 heavy (non-hydrogen) atoms. The quantitative estimate of drug-likeness (QED) is 0.463. The summed E-state index contributed by atoms with van der Waals surface area (Å²) < 4.78 is 18.9. The van der Waals surface area contributed by atoms with Crippen LogP contribution in [0.3, 0.4) is 0 Å². The molecular weight excluding hydrogens is 462 g/mol. The molecule has 1 saturated heterocycles. The number of benzene rings is 2. The molecular formula is C26H33Cl2FN2O2. The number of likely N-dealkylation sites (tertiary alicyclic amines) is 1. The Balaban J connectivity index is 1.75. The number of ether oxygens (including phenoxy) is 1. The lowest BCUT2D eigenvalue weighted by Crippen LogP contribution is -2.45. The number of hydrogen-bond acceptors (Lipinski definition) is 3. The van der Waals surface area contributed by atoms with Crippen molar-refractivity contribution in [2.45, 2.75) is 44.6 Å². The molecule has 1 aliphatic heterocycles. The van der Waals surface area contributed by atoms with Gasteiger partial charge >= 0.3 is 0 Å². The van der Waals surface area contributed by atoms with Crippen LogP contribution >= 0.6 is 23.2 Å². The topological polar surface area (TPSA) is 41.6 Å². The summed E-state index contributed by atoms with van der Waals surface area (Å²) in [6.45, 7) is 7.61. The number of amides is 1. The van der Waals surface area contributed by atoms with Gasteiger partial charge in [-0.2, -0.15) is 0 Å². The smallest absolute Gasteiger partial charge is 0.221 e. The summed E-state index contributed by atoms with van der Waals surface area (Å²) in [5, 5.41) is 4.18. The lowest BCUT2D eigenvalue weighted by Gasteiger charge is -2.43. The van der Waals surface area contributed by atoms with Crippen molar-refractivity contribution in [3.63, 3.8) is 0 Å². The Labute approximate surface area is 206 Å². The fourth-order valence-electron chi connectivity index (χ4n) is 4.86. The van der Waals surface area contributed by atoms with Crippen molar-refractivity contribution in [2.75, 3.05) is 33.4 Å². The van der Waals surface area contributed by atoms with Crippen LogP contribution in [0.1, 0.15) is 50.3 Å². The molecule has 0 aromatic heterocycles. The number of nitrogens with one attached hydrogen (secondary N) is 1. The third kappa shape index (κ3) is 6.92. The van der Waals surface area contributed by atoms with Crippen molar-refractivity contribution in [3.8, 4) is 0 Å². The van der Waals surface area contributed by atoms with E-state index in [9.17, 15) is 9.18 Å². The molecule has 3 rings (SSSR count). The van der Waals surface area contributed by atoms with Gasteiger partial charge in [-0.15, -0.1) is 0 Å². The Bertz CT molecular complexity index is 912. The van der Waals surface area contributed by atoms with E-state index >= 15 is 0 Å². The molecule has 2 aromatic carbocycles. The normalized spacial score (nSPS) is 18.0. The number of nitrogens with zero attached hydrogens (tertiary/aromatic N) is 1. The molecule has 2 unspecified atom stereocenters. The van der Waals surface area contributed by atoms with Crippen LogP contribution in [0.15, 0.2) is 42.5 Å². The molecule has 1 aliphatic rings. The fourth-order valence-corrected chi connectivity index (χ4v) is 5.40. The summed E-state index contributed by atoms with van der Waals surface area (Å²) >= 11 is 12.3. The highest BCUT2D eigenvalue weighted by molar-refractivity contribution is 6.34. The Morgan fingerprint density at radius 2 is 1.79 bits per heavy atom. The molecule has 0 aliphatic carbocycles. The van der Waals surface area contributed by atoms with Crippen LogP contribution in [0.5, 0.6) is 0 Å². The van der Waals surface area contributed by atoms with Gasteiger partial charge < -0.3 is 15.0 Å². The van der Waals surface area contributed by atoms with E-state index < -0.39 is 5.41 Å². The second-order valence-electron chi connectivity index (χ2n) is 9.20. The zero-order valence-electron chi connectivity index (χ0n) is 19.5. The molecule has 1 amide bonds. The number of carbonyl (C=O) groups is 1. The second-order valence-corrected chi connectivity index (χ2v) is 10.1. The highest BCUT2D eigenvalue weighted by atomic mass is 35.5. The molecule has 1 fully saturated rings. The van der Waals surface area contributed by atoms with Crippen LogP contribution in [-0.4, -0.2) is 44.2 Å². The van der Waals surface area contributed by atoms with Crippen molar-refractivity contribution in [3.05, 3.63) is 69.5 Å². The summed E-state index contributed by atoms with van der Waals surface area (Å²) in [4.78, 5) is 15.6. The maximum atomic E-state index is 13.7. The molecule has 180 valence electrons. The van der Waals surface area contributed by atoms with Crippen molar-refractivity contribution in [1.29, 1.82) is 0 Å². The van der Waals surface area contributed by atoms with E-state index in [2.05, 4.69) is 17.1 Å². The monoisotopic (exact) mass is 494 g/mol. The molecule has 0 spiro atoms. The predicted octanol–water partition coefficient (Wildman–Crippen LogP) is 6.02. The minimum absolute atomic E-state index is 0.0489. The molecule has 2 aromatic rings. The predicted molar refractivity (Wildman–Crippen MR) is 132 cm³/mol. The maximum Gasteiger partial charge on any atom is 0.221 e. The number of hydrogen-bond donors (Lipinski definition) is 1. The summed E-state index contributed by atoms with van der Waals surface area (Å²) in [6, 6.07) is 11.7. The van der Waals surface area contributed by atoms with E-state index in [0.717, 1.165) is 43.6 Å². The van der Waals surface area contributed by atoms with Gasteiger partial charge in [0.25, 0.3) is 0 Å². The first-order valence-corrected chi connectivity index (χ1v) is 12.2. The lowest BCUT2D eigenvalue weighted by molar-refractivity contribution is -0.123. The lowest BCUT2D eigenvalue weighted by atomic mass is 9.66. The van der Waals surface area contributed by atoms with Crippen LogP contribution in [0.25, 0.3) is 0 Å².